The van der Waals surface area contributed by atoms with E-state index in [1.54, 1.807) is 0 Å². The third-order valence-electron chi connectivity index (χ3n) is 2.27. The number of aromatic amines is 1. The van der Waals surface area contributed by atoms with E-state index in [2.05, 4.69) is 23.8 Å². The van der Waals surface area contributed by atoms with E-state index in [1.807, 2.05) is 0 Å². The van der Waals surface area contributed by atoms with Gasteiger partial charge in [-0.25, -0.2) is 4.98 Å². The predicted molar refractivity (Wildman–Crippen MR) is 44.7 cm³/mol. The first kappa shape index (κ1) is 6.89. The summed E-state index contributed by atoms with van der Waals surface area (Å²) < 4.78 is 0. The number of nitrogens with zero attached hydrogens (tertiary/aromatic N) is 1. The van der Waals surface area contributed by atoms with Crippen LogP contribution in [0.1, 0.15) is 43.4 Å². The highest BCUT2D eigenvalue weighted by Gasteiger charge is 2.16. The molecule has 1 aliphatic rings. The molecule has 1 heterocycles. The molecule has 1 aromatic rings. The molecule has 0 fully saturated rings. The van der Waals surface area contributed by atoms with Crippen LogP contribution >= 0.6 is 0 Å². The average molecular weight is 150 g/mol. The Morgan fingerprint density at radius 1 is 1.36 bits per heavy atom. The highest BCUT2D eigenvalue weighted by molar-refractivity contribution is 5.20. The summed E-state index contributed by atoms with van der Waals surface area (Å²) in [4.78, 5) is 7.92. The minimum atomic E-state index is 0.542. The molecule has 1 N–H and O–H groups in total. The van der Waals surface area contributed by atoms with Crippen molar-refractivity contribution in [1.29, 1.82) is 0 Å². The van der Waals surface area contributed by atoms with Crippen molar-refractivity contribution in [3.05, 3.63) is 17.2 Å². The Morgan fingerprint density at radius 3 is 2.82 bits per heavy atom. The predicted octanol–water partition coefficient (Wildman–Crippen LogP) is 2.02. The molecule has 2 rings (SSSR count). The number of hydrogen-bond donors (Lipinski definition) is 1. The van der Waals surface area contributed by atoms with Crippen molar-refractivity contribution in [3.8, 4) is 0 Å². The number of imidazole rings is 1. The van der Waals surface area contributed by atoms with Gasteiger partial charge < -0.3 is 4.98 Å². The van der Waals surface area contributed by atoms with Crippen LogP contribution in [0.4, 0.5) is 0 Å². The summed E-state index contributed by atoms with van der Waals surface area (Å²) in [6, 6.07) is 0. The smallest absolute Gasteiger partial charge is 0.109 e. The Morgan fingerprint density at radius 2 is 2.18 bits per heavy atom. The van der Waals surface area contributed by atoms with E-state index in [4.69, 9.17) is 0 Å². The fraction of sp³-hybridized carbons (Fsp3) is 0.667. The molecular weight excluding hydrogens is 136 g/mol. The molecule has 0 saturated carbocycles. The molecule has 0 atom stereocenters. The largest absolute Gasteiger partial charge is 0.345 e. The molecule has 0 saturated heterocycles. The second kappa shape index (κ2) is 2.36. The Labute approximate surface area is 67.0 Å². The molecule has 2 nitrogen and oxygen atoms in total. The fourth-order valence-corrected chi connectivity index (χ4v) is 1.59. The standard InChI is InChI=1S/C9H14N2/c1-6(2)9-10-7-4-3-5-8(7)11-9/h6H,3-5H2,1-2H3,(H,10,11). The van der Waals surface area contributed by atoms with Crippen molar-refractivity contribution in [2.45, 2.75) is 39.0 Å². The first-order valence-electron chi connectivity index (χ1n) is 4.35. The van der Waals surface area contributed by atoms with Crippen LogP contribution in [-0.2, 0) is 12.8 Å². The molecular formula is C9H14N2. The second-order valence-electron chi connectivity index (χ2n) is 3.56. The number of H-pyrrole nitrogens is 1. The van der Waals surface area contributed by atoms with Crippen LogP contribution < -0.4 is 0 Å². The molecule has 60 valence electrons. The lowest BCUT2D eigenvalue weighted by molar-refractivity contribution is 0.765. The van der Waals surface area contributed by atoms with Gasteiger partial charge in [0, 0.05) is 11.6 Å². The van der Waals surface area contributed by atoms with Crippen LogP contribution in [-0.4, -0.2) is 9.97 Å². The lowest BCUT2D eigenvalue weighted by atomic mass is 10.2. The van der Waals surface area contributed by atoms with Gasteiger partial charge >= 0.3 is 0 Å². The summed E-state index contributed by atoms with van der Waals surface area (Å²) in [6.07, 6.45) is 3.67. The lowest BCUT2D eigenvalue weighted by Gasteiger charge is -1.97. The number of nitrogens with one attached hydrogen (secondary N) is 1. The molecule has 0 unspecified atom stereocenters. The minimum absolute atomic E-state index is 0.542. The van der Waals surface area contributed by atoms with Crippen LogP contribution in [0.2, 0.25) is 0 Å². The zero-order chi connectivity index (χ0) is 7.84. The number of aromatic nitrogens is 2. The van der Waals surface area contributed by atoms with E-state index in [1.165, 1.54) is 30.7 Å². The Hall–Kier alpha value is -0.790. The maximum atomic E-state index is 4.53. The molecule has 0 amide bonds. The van der Waals surface area contributed by atoms with Crippen LogP contribution in [0.3, 0.4) is 0 Å². The lowest BCUT2D eigenvalue weighted by Crippen LogP contribution is -1.91. The van der Waals surface area contributed by atoms with Crippen molar-refractivity contribution >= 4 is 0 Å². The van der Waals surface area contributed by atoms with Crippen LogP contribution in [0.15, 0.2) is 0 Å². The Balaban J connectivity index is 2.34. The average Bonchev–Trinajstić information content (AvgIpc) is 2.40. The Kier molecular flexibility index (Phi) is 1.48. The first-order valence-corrected chi connectivity index (χ1v) is 4.35. The number of fused-ring (bicyclic) bond motifs is 1. The summed E-state index contributed by atoms with van der Waals surface area (Å²) in [6.45, 7) is 4.35. The van der Waals surface area contributed by atoms with Crippen LogP contribution in [0, 0.1) is 0 Å². The molecule has 0 aromatic carbocycles. The monoisotopic (exact) mass is 150 g/mol. The van der Waals surface area contributed by atoms with Gasteiger partial charge in [0.2, 0.25) is 0 Å². The second-order valence-corrected chi connectivity index (χ2v) is 3.56. The summed E-state index contributed by atoms with van der Waals surface area (Å²) in [5.41, 5.74) is 2.70. The molecule has 0 spiro atoms. The molecule has 1 aromatic heterocycles. The molecule has 11 heavy (non-hydrogen) atoms. The van der Waals surface area contributed by atoms with Crippen molar-refractivity contribution in [3.63, 3.8) is 0 Å². The van der Waals surface area contributed by atoms with E-state index < -0.39 is 0 Å². The van der Waals surface area contributed by atoms with Gasteiger partial charge in [0.05, 0.1) is 5.69 Å². The van der Waals surface area contributed by atoms with E-state index >= 15 is 0 Å². The maximum Gasteiger partial charge on any atom is 0.109 e. The van der Waals surface area contributed by atoms with Gasteiger partial charge in [0.15, 0.2) is 0 Å². The summed E-state index contributed by atoms with van der Waals surface area (Å²) in [5, 5.41) is 0. The van der Waals surface area contributed by atoms with Crippen LogP contribution in [0.25, 0.3) is 0 Å². The first-order chi connectivity index (χ1) is 5.27. The number of rotatable bonds is 1. The van der Waals surface area contributed by atoms with E-state index in [9.17, 15) is 0 Å². The van der Waals surface area contributed by atoms with Gasteiger partial charge in [-0.05, 0) is 19.3 Å². The zero-order valence-electron chi connectivity index (χ0n) is 7.15. The molecule has 2 heteroatoms. The minimum Gasteiger partial charge on any atom is -0.345 e. The summed E-state index contributed by atoms with van der Waals surface area (Å²) in [5.74, 6) is 1.70. The SMILES string of the molecule is CC(C)c1nc2c([nH]1)CCC2. The highest BCUT2D eigenvalue weighted by Crippen LogP contribution is 2.21. The van der Waals surface area contributed by atoms with E-state index in [0.717, 1.165) is 5.82 Å². The third-order valence-corrected chi connectivity index (χ3v) is 2.27. The van der Waals surface area contributed by atoms with Gasteiger partial charge in [-0.15, -0.1) is 0 Å². The number of hydrogen-bond acceptors (Lipinski definition) is 1. The fourth-order valence-electron chi connectivity index (χ4n) is 1.59. The van der Waals surface area contributed by atoms with Gasteiger partial charge in [0.25, 0.3) is 0 Å². The van der Waals surface area contributed by atoms with Crippen molar-refractivity contribution in [2.24, 2.45) is 0 Å². The van der Waals surface area contributed by atoms with Crippen LogP contribution in [0.5, 0.6) is 0 Å². The zero-order valence-corrected chi connectivity index (χ0v) is 7.15. The molecule has 0 radical (unpaired) electrons. The van der Waals surface area contributed by atoms with Crippen molar-refractivity contribution in [2.75, 3.05) is 0 Å². The highest BCUT2D eigenvalue weighted by atomic mass is 14.9. The van der Waals surface area contributed by atoms with E-state index in [0.29, 0.717) is 5.92 Å². The van der Waals surface area contributed by atoms with Gasteiger partial charge in [-0.2, -0.15) is 0 Å². The Bertz CT molecular complexity index is 239. The van der Waals surface area contributed by atoms with Crippen molar-refractivity contribution < 1.29 is 0 Å². The normalized spacial score (nSPS) is 15.9. The van der Waals surface area contributed by atoms with Crippen molar-refractivity contribution in [1.82, 2.24) is 9.97 Å². The topological polar surface area (TPSA) is 28.7 Å². The van der Waals surface area contributed by atoms with E-state index in [-0.39, 0.29) is 0 Å². The summed E-state index contributed by atoms with van der Waals surface area (Å²) in [7, 11) is 0. The molecule has 1 aliphatic carbocycles. The molecule has 0 bridgehead atoms. The third kappa shape index (κ3) is 1.06. The van der Waals surface area contributed by atoms with Gasteiger partial charge in [0.1, 0.15) is 5.82 Å². The quantitative estimate of drug-likeness (QED) is 0.652. The maximum absolute atomic E-state index is 4.53. The number of aryl methyl sites for hydroxylation is 2. The summed E-state index contributed by atoms with van der Waals surface area (Å²) >= 11 is 0. The van der Waals surface area contributed by atoms with Gasteiger partial charge in [-0.1, -0.05) is 13.8 Å². The molecule has 0 aliphatic heterocycles. The van der Waals surface area contributed by atoms with Gasteiger partial charge in [-0.3, -0.25) is 0 Å².